The average molecular weight is 533 g/mol. The zero-order chi connectivity index (χ0) is 27.5. The van der Waals surface area contributed by atoms with Crippen LogP contribution in [0.15, 0.2) is 158 Å². The highest BCUT2D eigenvalue weighted by Crippen LogP contribution is 2.31. The van der Waals surface area contributed by atoms with E-state index in [-0.39, 0.29) is 0 Å². The first-order valence-electron chi connectivity index (χ1n) is 13.7. The first-order chi connectivity index (χ1) is 20.3. The van der Waals surface area contributed by atoms with Crippen LogP contribution in [-0.4, -0.2) is 29.3 Å². The summed E-state index contributed by atoms with van der Waals surface area (Å²) in [4.78, 5) is 0. The Bertz CT molecular complexity index is 1660. The molecule has 6 nitrogen and oxygen atoms in total. The van der Waals surface area contributed by atoms with Crippen LogP contribution in [0.1, 0.15) is 5.56 Å². The molecule has 0 radical (unpaired) electrons. The quantitative estimate of drug-likeness (QED) is 0.208. The molecule has 3 aromatic heterocycles. The number of nitrogens with zero attached hydrogens (tertiary/aromatic N) is 6. The van der Waals surface area contributed by atoms with Crippen LogP contribution in [0.5, 0.6) is 0 Å². The van der Waals surface area contributed by atoms with Crippen molar-refractivity contribution in [1.82, 2.24) is 29.3 Å². The molecule has 0 spiro atoms. The molecule has 0 saturated heterocycles. The molecule has 0 amide bonds. The lowest BCUT2D eigenvalue weighted by Gasteiger charge is -2.35. The second-order valence-corrected chi connectivity index (χ2v) is 9.97. The number of hydrogen-bond donors (Lipinski definition) is 0. The summed E-state index contributed by atoms with van der Waals surface area (Å²) < 4.78 is 5.98. The summed E-state index contributed by atoms with van der Waals surface area (Å²) in [6, 6.07) is 47.3. The molecule has 41 heavy (non-hydrogen) atoms. The van der Waals surface area contributed by atoms with E-state index in [2.05, 4.69) is 78.9 Å². The topological polar surface area (TPSA) is 53.5 Å². The van der Waals surface area contributed by atoms with Gasteiger partial charge in [0.15, 0.2) is 0 Å². The molecule has 7 aromatic rings. The Labute approximate surface area is 238 Å². The zero-order valence-electron chi connectivity index (χ0n) is 22.4. The molecule has 0 atom stereocenters. The minimum Gasteiger partial charge on any atom is -0.224 e. The third kappa shape index (κ3) is 4.66. The Balaban J connectivity index is 1.46. The third-order valence-corrected chi connectivity index (χ3v) is 7.36. The van der Waals surface area contributed by atoms with Crippen LogP contribution in [0.4, 0.5) is 0 Å². The van der Waals surface area contributed by atoms with Gasteiger partial charge in [0, 0.05) is 41.7 Å². The van der Waals surface area contributed by atoms with Gasteiger partial charge in [0.05, 0.1) is 17.1 Å². The van der Waals surface area contributed by atoms with Gasteiger partial charge in [0.25, 0.3) is 5.79 Å². The molecule has 6 heteroatoms. The lowest BCUT2D eigenvalue weighted by Crippen LogP contribution is -2.51. The number of aromatic nitrogens is 6. The normalized spacial score (nSPS) is 11.5. The van der Waals surface area contributed by atoms with Crippen molar-refractivity contribution in [2.45, 2.75) is 12.2 Å². The zero-order valence-corrected chi connectivity index (χ0v) is 22.4. The summed E-state index contributed by atoms with van der Waals surface area (Å²) in [7, 11) is 0. The van der Waals surface area contributed by atoms with Crippen molar-refractivity contribution >= 4 is 0 Å². The fraction of sp³-hybridized carbons (Fsp3) is 0.0571. The number of hydrogen-bond acceptors (Lipinski definition) is 3. The largest absolute Gasteiger partial charge is 0.252 e. The smallest absolute Gasteiger partial charge is 0.224 e. The summed E-state index contributed by atoms with van der Waals surface area (Å²) in [5, 5.41) is 15.5. The van der Waals surface area contributed by atoms with Gasteiger partial charge < -0.3 is 0 Å². The molecule has 7 rings (SSSR count). The highest BCUT2D eigenvalue weighted by atomic mass is 15.6. The molecule has 0 bridgehead atoms. The van der Waals surface area contributed by atoms with Gasteiger partial charge in [0.1, 0.15) is 0 Å². The van der Waals surface area contributed by atoms with Crippen LogP contribution in [0.25, 0.3) is 33.8 Å². The van der Waals surface area contributed by atoms with Crippen molar-refractivity contribution in [3.8, 4) is 33.8 Å². The lowest BCUT2D eigenvalue weighted by molar-refractivity contribution is 0.117. The van der Waals surface area contributed by atoms with Gasteiger partial charge in [-0.25, -0.2) is 14.0 Å². The van der Waals surface area contributed by atoms with Crippen molar-refractivity contribution in [1.29, 1.82) is 0 Å². The average Bonchev–Trinajstić information content (AvgIpc) is 3.84. The van der Waals surface area contributed by atoms with Gasteiger partial charge in [-0.15, -0.1) is 0 Å². The Morgan fingerprint density at radius 1 is 0.390 bits per heavy atom. The van der Waals surface area contributed by atoms with E-state index in [1.54, 1.807) is 0 Å². The number of benzene rings is 4. The molecule has 0 aliphatic rings. The predicted octanol–water partition coefficient (Wildman–Crippen LogP) is 7.23. The van der Waals surface area contributed by atoms with Gasteiger partial charge in [-0.05, 0) is 23.8 Å². The molecule has 0 unspecified atom stereocenters. The Morgan fingerprint density at radius 2 is 0.707 bits per heavy atom. The van der Waals surface area contributed by atoms with Gasteiger partial charge in [-0.2, -0.15) is 15.3 Å². The van der Waals surface area contributed by atoms with Crippen molar-refractivity contribution in [3.05, 3.63) is 164 Å². The Kier molecular flexibility index (Phi) is 6.34. The van der Waals surface area contributed by atoms with Gasteiger partial charge in [0.2, 0.25) is 0 Å². The highest BCUT2D eigenvalue weighted by molar-refractivity contribution is 5.60. The standard InChI is InChI=1S/C35H28N6/c1-5-13-28(14-6-1)27-35(39-24-21-32(36-39)29-15-7-2-8-16-29,40-25-22-33(37-40)30-17-9-3-10-18-30)41-26-23-34(38-41)31-19-11-4-12-20-31/h1-26H,27H2. The van der Waals surface area contributed by atoms with E-state index in [4.69, 9.17) is 15.3 Å². The van der Waals surface area contributed by atoms with Gasteiger partial charge in [-0.3, -0.25) is 0 Å². The van der Waals surface area contributed by atoms with Gasteiger partial charge >= 0.3 is 0 Å². The SMILES string of the molecule is c1ccc(CC(n2ccc(-c3ccccc3)n2)(n2ccc(-c3ccccc3)n2)n2ccc(-c3ccccc3)n2)cc1. The molecule has 0 saturated carbocycles. The lowest BCUT2D eigenvalue weighted by atomic mass is 10.1. The summed E-state index contributed by atoms with van der Waals surface area (Å²) in [5.74, 6) is -0.950. The maximum absolute atomic E-state index is 5.16. The van der Waals surface area contributed by atoms with E-state index in [9.17, 15) is 0 Å². The fourth-order valence-electron chi connectivity index (χ4n) is 5.29. The predicted molar refractivity (Wildman–Crippen MR) is 162 cm³/mol. The molecular formula is C35H28N6. The third-order valence-electron chi connectivity index (χ3n) is 7.36. The summed E-state index contributed by atoms with van der Waals surface area (Å²) in [6.07, 6.45) is 6.65. The van der Waals surface area contributed by atoms with E-state index >= 15 is 0 Å². The van der Waals surface area contributed by atoms with Crippen molar-refractivity contribution in [2.24, 2.45) is 0 Å². The monoisotopic (exact) mass is 532 g/mol. The molecule has 4 aromatic carbocycles. The second kappa shape index (κ2) is 10.6. The molecule has 0 aliphatic heterocycles. The van der Waals surface area contributed by atoms with Crippen LogP contribution in [0.3, 0.4) is 0 Å². The molecule has 0 aliphatic carbocycles. The van der Waals surface area contributed by atoms with Crippen LogP contribution in [0, 0.1) is 0 Å². The molecule has 198 valence electrons. The minimum absolute atomic E-state index is 0.565. The molecule has 0 N–H and O–H groups in total. The Morgan fingerprint density at radius 3 is 1.05 bits per heavy atom. The summed E-state index contributed by atoms with van der Waals surface area (Å²) in [5.41, 5.74) is 6.94. The molecule has 3 heterocycles. The maximum atomic E-state index is 5.16. The van der Waals surface area contributed by atoms with Crippen LogP contribution in [-0.2, 0) is 12.2 Å². The number of rotatable bonds is 8. The van der Waals surface area contributed by atoms with Crippen LogP contribution in [0.2, 0.25) is 0 Å². The van der Waals surface area contributed by atoms with E-state index in [1.807, 2.05) is 93.3 Å². The minimum atomic E-state index is -0.950. The van der Waals surface area contributed by atoms with E-state index < -0.39 is 5.79 Å². The maximum Gasteiger partial charge on any atom is 0.252 e. The summed E-state index contributed by atoms with van der Waals surface area (Å²) in [6.45, 7) is 0. The molecule has 0 fully saturated rings. The Hall–Kier alpha value is -5.49. The first kappa shape index (κ1) is 24.5. The van der Waals surface area contributed by atoms with E-state index in [0.717, 1.165) is 39.3 Å². The second-order valence-electron chi connectivity index (χ2n) is 9.97. The van der Waals surface area contributed by atoms with Crippen LogP contribution >= 0.6 is 0 Å². The van der Waals surface area contributed by atoms with E-state index in [1.165, 1.54) is 0 Å². The fourth-order valence-corrected chi connectivity index (χ4v) is 5.29. The first-order valence-corrected chi connectivity index (χ1v) is 13.7. The summed E-state index contributed by atoms with van der Waals surface area (Å²) >= 11 is 0. The van der Waals surface area contributed by atoms with Crippen molar-refractivity contribution in [2.75, 3.05) is 0 Å². The van der Waals surface area contributed by atoms with Crippen molar-refractivity contribution < 1.29 is 0 Å². The van der Waals surface area contributed by atoms with Crippen LogP contribution < -0.4 is 0 Å². The molecular weight excluding hydrogens is 504 g/mol. The van der Waals surface area contributed by atoms with Gasteiger partial charge in [-0.1, -0.05) is 121 Å². The highest BCUT2D eigenvalue weighted by Gasteiger charge is 2.40. The van der Waals surface area contributed by atoms with Crippen molar-refractivity contribution in [3.63, 3.8) is 0 Å². The van der Waals surface area contributed by atoms with E-state index in [0.29, 0.717) is 6.42 Å².